The van der Waals surface area contributed by atoms with E-state index in [9.17, 15) is 14.4 Å². The molecule has 0 radical (unpaired) electrons. The van der Waals surface area contributed by atoms with Crippen molar-refractivity contribution in [3.63, 3.8) is 0 Å². The summed E-state index contributed by atoms with van der Waals surface area (Å²) in [6.07, 6.45) is 0.385. The molecule has 0 bridgehead atoms. The second-order valence-electron chi connectivity index (χ2n) is 6.35. The number of carbonyl (C=O) groups is 3. The van der Waals surface area contributed by atoms with Gasteiger partial charge in [0, 0.05) is 24.5 Å². The number of hydrogen-bond donors (Lipinski definition) is 1. The number of anilines is 2. The number of nitrogens with zero attached hydrogens (tertiary/aromatic N) is 2. The Kier molecular flexibility index (Phi) is 4.52. The number of hydrazone groups is 1. The van der Waals surface area contributed by atoms with Gasteiger partial charge in [0.25, 0.3) is 5.91 Å². The summed E-state index contributed by atoms with van der Waals surface area (Å²) >= 11 is 0. The molecule has 142 valence electrons. The van der Waals surface area contributed by atoms with Gasteiger partial charge in [0.05, 0.1) is 11.4 Å². The third-order valence-corrected chi connectivity index (χ3v) is 4.44. The zero-order valence-electron chi connectivity index (χ0n) is 15.1. The van der Waals surface area contributed by atoms with Crippen LogP contribution in [0.2, 0.25) is 0 Å². The van der Waals surface area contributed by atoms with Crippen molar-refractivity contribution < 1.29 is 23.9 Å². The van der Waals surface area contributed by atoms with E-state index < -0.39 is 5.91 Å². The summed E-state index contributed by atoms with van der Waals surface area (Å²) in [5.41, 5.74) is 1.42. The van der Waals surface area contributed by atoms with E-state index in [4.69, 9.17) is 9.47 Å². The Morgan fingerprint density at radius 1 is 1.07 bits per heavy atom. The number of amides is 2. The van der Waals surface area contributed by atoms with Crippen LogP contribution in [0.3, 0.4) is 0 Å². The first-order valence-electron chi connectivity index (χ1n) is 8.74. The van der Waals surface area contributed by atoms with Gasteiger partial charge in [0.15, 0.2) is 17.3 Å². The summed E-state index contributed by atoms with van der Waals surface area (Å²) < 4.78 is 10.6. The first-order valence-corrected chi connectivity index (χ1v) is 8.74. The molecule has 2 aliphatic heterocycles. The van der Waals surface area contributed by atoms with Crippen molar-refractivity contribution in [1.82, 2.24) is 0 Å². The van der Waals surface area contributed by atoms with Crippen LogP contribution in [0.15, 0.2) is 47.6 Å². The van der Waals surface area contributed by atoms with Gasteiger partial charge >= 0.3 is 0 Å². The topological polar surface area (TPSA) is 97.3 Å². The van der Waals surface area contributed by atoms with E-state index in [1.807, 2.05) is 6.07 Å². The van der Waals surface area contributed by atoms with Crippen LogP contribution in [-0.4, -0.2) is 30.1 Å². The van der Waals surface area contributed by atoms with E-state index >= 15 is 0 Å². The van der Waals surface area contributed by atoms with E-state index in [0.29, 0.717) is 28.4 Å². The van der Waals surface area contributed by atoms with Crippen LogP contribution in [0.25, 0.3) is 0 Å². The number of fused-ring (bicyclic) bond motifs is 1. The van der Waals surface area contributed by atoms with E-state index in [0.717, 1.165) is 0 Å². The number of Topliss-reactive ketones (excluding diaryl/α,β-unsaturated/α-hetero) is 1. The molecule has 28 heavy (non-hydrogen) atoms. The molecular formula is C20H17N3O5. The molecule has 2 amide bonds. The number of ketones is 1. The lowest BCUT2D eigenvalue weighted by molar-refractivity contribution is -0.118. The maximum Gasteiger partial charge on any atom is 0.271 e. The molecule has 8 nitrogen and oxygen atoms in total. The molecule has 0 atom stereocenters. The Morgan fingerprint density at radius 3 is 2.50 bits per heavy atom. The molecule has 0 fully saturated rings. The third-order valence-electron chi connectivity index (χ3n) is 4.44. The number of benzene rings is 2. The molecule has 2 aromatic rings. The number of rotatable bonds is 4. The van der Waals surface area contributed by atoms with Crippen LogP contribution in [0, 0.1) is 0 Å². The SMILES string of the molecule is CC(=O)c1cc2c(cc1NC(=O)C1=NN(c3ccccc3)C(=O)CC1)OCO2. The van der Waals surface area contributed by atoms with Gasteiger partial charge in [-0.05, 0) is 25.1 Å². The van der Waals surface area contributed by atoms with Crippen molar-refractivity contribution in [2.24, 2.45) is 5.10 Å². The largest absolute Gasteiger partial charge is 0.454 e. The summed E-state index contributed by atoms with van der Waals surface area (Å²) in [6, 6.07) is 12.0. The monoisotopic (exact) mass is 379 g/mol. The number of carbonyl (C=O) groups excluding carboxylic acids is 3. The minimum absolute atomic E-state index is 0.0604. The number of para-hydroxylation sites is 1. The van der Waals surface area contributed by atoms with Gasteiger partial charge in [0.1, 0.15) is 5.71 Å². The first-order chi connectivity index (χ1) is 13.5. The zero-order valence-corrected chi connectivity index (χ0v) is 15.1. The fourth-order valence-electron chi connectivity index (χ4n) is 3.02. The lowest BCUT2D eigenvalue weighted by Gasteiger charge is -2.23. The van der Waals surface area contributed by atoms with E-state index in [1.165, 1.54) is 11.9 Å². The predicted octanol–water partition coefficient (Wildman–Crippen LogP) is 2.74. The van der Waals surface area contributed by atoms with Gasteiger partial charge in [-0.15, -0.1) is 0 Å². The van der Waals surface area contributed by atoms with Crippen LogP contribution in [0.5, 0.6) is 11.5 Å². The van der Waals surface area contributed by atoms with Crippen LogP contribution < -0.4 is 19.8 Å². The van der Waals surface area contributed by atoms with Crippen molar-refractivity contribution in [3.8, 4) is 11.5 Å². The van der Waals surface area contributed by atoms with Crippen LogP contribution in [0.1, 0.15) is 30.1 Å². The summed E-state index contributed by atoms with van der Waals surface area (Å²) in [7, 11) is 0. The van der Waals surface area contributed by atoms with Crippen molar-refractivity contribution >= 4 is 34.7 Å². The fourth-order valence-corrected chi connectivity index (χ4v) is 3.02. The lowest BCUT2D eigenvalue weighted by Crippen LogP contribution is -2.36. The van der Waals surface area contributed by atoms with Crippen molar-refractivity contribution in [3.05, 3.63) is 48.0 Å². The van der Waals surface area contributed by atoms with Gasteiger partial charge in [-0.2, -0.15) is 5.10 Å². The van der Waals surface area contributed by atoms with Gasteiger partial charge in [-0.1, -0.05) is 18.2 Å². The van der Waals surface area contributed by atoms with E-state index in [2.05, 4.69) is 10.4 Å². The highest BCUT2D eigenvalue weighted by Crippen LogP contribution is 2.37. The Labute approximate surface area is 160 Å². The molecule has 8 heteroatoms. The number of nitrogens with one attached hydrogen (secondary N) is 1. The van der Waals surface area contributed by atoms with E-state index in [-0.39, 0.29) is 37.0 Å². The summed E-state index contributed by atoms with van der Waals surface area (Å²) in [5, 5.41) is 8.16. The normalized spacial score (nSPS) is 15.2. The number of ether oxygens (including phenoxy) is 2. The first kappa shape index (κ1) is 17.7. The Balaban J connectivity index is 1.62. The standard InChI is InChI=1S/C20H17N3O5/c1-12(24)14-9-17-18(28-11-27-17)10-16(14)21-20(26)15-7-8-19(25)23(22-15)13-5-3-2-4-6-13/h2-6,9-10H,7-8,11H2,1H3,(H,21,26). The molecule has 2 aliphatic rings. The molecule has 0 unspecified atom stereocenters. The quantitative estimate of drug-likeness (QED) is 0.824. The molecular weight excluding hydrogens is 362 g/mol. The van der Waals surface area contributed by atoms with E-state index in [1.54, 1.807) is 36.4 Å². The second kappa shape index (κ2) is 7.15. The third kappa shape index (κ3) is 3.32. The zero-order chi connectivity index (χ0) is 19.7. The molecule has 0 saturated heterocycles. The summed E-state index contributed by atoms with van der Waals surface area (Å²) in [5.74, 6) is 0.0244. The highest BCUT2D eigenvalue weighted by molar-refractivity contribution is 6.44. The minimum atomic E-state index is -0.477. The van der Waals surface area contributed by atoms with Gasteiger partial charge in [-0.3, -0.25) is 14.4 Å². The minimum Gasteiger partial charge on any atom is -0.454 e. The molecule has 0 spiro atoms. The van der Waals surface area contributed by atoms with Gasteiger partial charge in [0.2, 0.25) is 12.7 Å². The molecule has 2 aromatic carbocycles. The molecule has 4 rings (SSSR count). The van der Waals surface area contributed by atoms with Crippen LogP contribution >= 0.6 is 0 Å². The molecule has 0 aliphatic carbocycles. The molecule has 0 saturated carbocycles. The molecule has 1 N–H and O–H groups in total. The maximum atomic E-state index is 12.8. The average Bonchev–Trinajstić information content (AvgIpc) is 3.15. The predicted molar refractivity (Wildman–Crippen MR) is 102 cm³/mol. The maximum absolute atomic E-state index is 12.8. The van der Waals surface area contributed by atoms with Crippen molar-refractivity contribution in [2.75, 3.05) is 17.1 Å². The summed E-state index contributed by atoms with van der Waals surface area (Å²) in [4.78, 5) is 36.9. The van der Waals surface area contributed by atoms with Crippen LogP contribution in [0.4, 0.5) is 11.4 Å². The smallest absolute Gasteiger partial charge is 0.271 e. The second-order valence-corrected chi connectivity index (χ2v) is 6.35. The van der Waals surface area contributed by atoms with Crippen molar-refractivity contribution in [1.29, 1.82) is 0 Å². The Morgan fingerprint density at radius 2 is 1.79 bits per heavy atom. The summed E-state index contributed by atoms with van der Waals surface area (Å²) in [6.45, 7) is 1.46. The average molecular weight is 379 g/mol. The van der Waals surface area contributed by atoms with Crippen LogP contribution in [-0.2, 0) is 9.59 Å². The number of hydrogen-bond acceptors (Lipinski definition) is 6. The highest BCUT2D eigenvalue weighted by atomic mass is 16.7. The Hall–Kier alpha value is -3.68. The van der Waals surface area contributed by atoms with Gasteiger partial charge in [-0.25, -0.2) is 5.01 Å². The lowest BCUT2D eigenvalue weighted by atomic mass is 10.1. The fraction of sp³-hybridized carbons (Fsp3) is 0.200. The highest BCUT2D eigenvalue weighted by Gasteiger charge is 2.27. The molecule has 0 aromatic heterocycles. The van der Waals surface area contributed by atoms with Gasteiger partial charge < -0.3 is 14.8 Å². The van der Waals surface area contributed by atoms with Crippen molar-refractivity contribution in [2.45, 2.75) is 19.8 Å². The Bertz CT molecular complexity index is 1000. The molecule has 2 heterocycles.